The van der Waals surface area contributed by atoms with Gasteiger partial charge in [0.25, 0.3) is 10.0 Å². The second kappa shape index (κ2) is 7.14. The van der Waals surface area contributed by atoms with Crippen LogP contribution < -0.4 is 4.72 Å². The monoisotopic (exact) mass is 320 g/mol. The van der Waals surface area contributed by atoms with E-state index in [1.54, 1.807) is 20.8 Å². The highest BCUT2D eigenvalue weighted by Gasteiger charge is 2.20. The van der Waals surface area contributed by atoms with Gasteiger partial charge in [-0.25, -0.2) is 18.1 Å². The summed E-state index contributed by atoms with van der Waals surface area (Å²) in [4.78, 5) is 14.6. The molecular formula is C12H20N2O4S2. The second-order valence-electron chi connectivity index (χ2n) is 4.89. The molecule has 0 aromatic carbocycles. The summed E-state index contributed by atoms with van der Waals surface area (Å²) in [6, 6.07) is -0.233. The lowest BCUT2D eigenvalue weighted by Crippen LogP contribution is -2.32. The Morgan fingerprint density at radius 1 is 1.45 bits per heavy atom. The maximum absolute atomic E-state index is 12.0. The van der Waals surface area contributed by atoms with E-state index in [1.807, 2.05) is 0 Å². The highest BCUT2D eigenvalue weighted by molar-refractivity contribution is 7.91. The van der Waals surface area contributed by atoms with E-state index in [0.29, 0.717) is 24.3 Å². The SMILES string of the molecule is Cc1ncc(S(=O)(=O)NC(C)CCCC(C)C(=O)O)s1. The van der Waals surface area contributed by atoms with E-state index in [-0.39, 0.29) is 10.3 Å². The largest absolute Gasteiger partial charge is 0.481 e. The Morgan fingerprint density at radius 2 is 2.10 bits per heavy atom. The predicted molar refractivity (Wildman–Crippen MR) is 77.3 cm³/mol. The van der Waals surface area contributed by atoms with E-state index in [1.165, 1.54) is 6.20 Å². The van der Waals surface area contributed by atoms with Crippen LogP contribution in [-0.4, -0.2) is 30.5 Å². The molecule has 8 heteroatoms. The van der Waals surface area contributed by atoms with Crippen LogP contribution in [0, 0.1) is 12.8 Å². The Hall–Kier alpha value is -0.990. The number of aromatic nitrogens is 1. The molecule has 6 nitrogen and oxygen atoms in total. The number of carbonyl (C=O) groups is 1. The minimum absolute atomic E-state index is 0.209. The summed E-state index contributed by atoms with van der Waals surface area (Å²) in [6.45, 7) is 5.18. The Kier molecular flexibility index (Phi) is 6.09. The normalized spacial score (nSPS) is 14.9. The smallest absolute Gasteiger partial charge is 0.306 e. The number of carboxylic acids is 1. The minimum atomic E-state index is -3.52. The van der Waals surface area contributed by atoms with Crippen LogP contribution in [0.2, 0.25) is 0 Å². The molecule has 0 aliphatic heterocycles. The third-order valence-corrected chi connectivity index (χ3v) is 5.88. The Balaban J connectivity index is 2.46. The number of carboxylic acid groups (broad SMARTS) is 1. The molecule has 2 atom stereocenters. The van der Waals surface area contributed by atoms with E-state index in [9.17, 15) is 13.2 Å². The third kappa shape index (κ3) is 5.18. The first-order chi connectivity index (χ1) is 9.22. The van der Waals surface area contributed by atoms with Crippen molar-refractivity contribution in [2.45, 2.75) is 50.3 Å². The van der Waals surface area contributed by atoms with E-state index >= 15 is 0 Å². The highest BCUT2D eigenvalue weighted by atomic mass is 32.2. The van der Waals surface area contributed by atoms with Crippen molar-refractivity contribution in [2.24, 2.45) is 5.92 Å². The van der Waals surface area contributed by atoms with E-state index in [2.05, 4.69) is 9.71 Å². The average Bonchev–Trinajstić information content (AvgIpc) is 2.75. The number of aryl methyl sites for hydroxylation is 1. The standard InChI is InChI=1S/C12H20N2O4S2/c1-8(12(15)16)5-4-6-9(2)14-20(17,18)11-7-13-10(3)19-11/h7-9,14H,4-6H2,1-3H3,(H,15,16). The van der Waals surface area contributed by atoms with Crippen LogP contribution in [0.5, 0.6) is 0 Å². The van der Waals surface area contributed by atoms with Gasteiger partial charge in [0.15, 0.2) is 4.21 Å². The second-order valence-corrected chi connectivity index (χ2v) is 8.07. The molecule has 20 heavy (non-hydrogen) atoms. The minimum Gasteiger partial charge on any atom is -0.481 e. The molecule has 1 heterocycles. The first-order valence-electron chi connectivity index (χ1n) is 6.40. The first-order valence-corrected chi connectivity index (χ1v) is 8.70. The number of thiazole rings is 1. The van der Waals surface area contributed by atoms with Crippen LogP contribution in [-0.2, 0) is 14.8 Å². The number of rotatable bonds is 8. The van der Waals surface area contributed by atoms with Gasteiger partial charge in [0.2, 0.25) is 0 Å². The van der Waals surface area contributed by atoms with Crippen LogP contribution in [0.1, 0.15) is 38.1 Å². The van der Waals surface area contributed by atoms with Gasteiger partial charge in [-0.3, -0.25) is 4.79 Å². The Morgan fingerprint density at radius 3 is 2.60 bits per heavy atom. The van der Waals surface area contributed by atoms with Crippen molar-refractivity contribution < 1.29 is 18.3 Å². The molecule has 0 saturated carbocycles. The van der Waals surface area contributed by atoms with Crippen molar-refractivity contribution in [3.8, 4) is 0 Å². The van der Waals surface area contributed by atoms with Crippen molar-refractivity contribution in [1.82, 2.24) is 9.71 Å². The molecule has 0 bridgehead atoms. The fraction of sp³-hybridized carbons (Fsp3) is 0.667. The molecule has 0 radical (unpaired) electrons. The summed E-state index contributed by atoms with van der Waals surface area (Å²) in [5.74, 6) is -1.22. The summed E-state index contributed by atoms with van der Waals surface area (Å²) in [5.41, 5.74) is 0. The molecule has 114 valence electrons. The lowest BCUT2D eigenvalue weighted by Gasteiger charge is -2.13. The molecule has 0 aliphatic rings. The van der Waals surface area contributed by atoms with Gasteiger partial charge in [0.05, 0.1) is 17.1 Å². The Bertz CT molecular complexity index is 554. The quantitative estimate of drug-likeness (QED) is 0.764. The van der Waals surface area contributed by atoms with Crippen LogP contribution >= 0.6 is 11.3 Å². The van der Waals surface area contributed by atoms with Gasteiger partial charge >= 0.3 is 5.97 Å². The summed E-state index contributed by atoms with van der Waals surface area (Å²) < 4.78 is 26.8. The van der Waals surface area contributed by atoms with Crippen molar-refractivity contribution in [3.05, 3.63) is 11.2 Å². The fourth-order valence-corrected chi connectivity index (χ4v) is 4.10. The molecule has 2 unspecified atom stereocenters. The molecule has 0 fully saturated rings. The molecule has 0 amide bonds. The number of sulfonamides is 1. The van der Waals surface area contributed by atoms with Crippen LogP contribution in [0.3, 0.4) is 0 Å². The van der Waals surface area contributed by atoms with Crippen molar-refractivity contribution >= 4 is 27.3 Å². The van der Waals surface area contributed by atoms with Gasteiger partial charge in [-0.2, -0.15) is 0 Å². The molecular weight excluding hydrogens is 300 g/mol. The van der Waals surface area contributed by atoms with E-state index < -0.39 is 21.9 Å². The lowest BCUT2D eigenvalue weighted by molar-refractivity contribution is -0.141. The highest BCUT2D eigenvalue weighted by Crippen LogP contribution is 2.18. The molecule has 0 spiro atoms. The van der Waals surface area contributed by atoms with Crippen LogP contribution in [0.25, 0.3) is 0 Å². The van der Waals surface area contributed by atoms with Gasteiger partial charge in [-0.15, -0.1) is 11.3 Å². The predicted octanol–water partition coefficient (Wildman–Crippen LogP) is 2.01. The number of nitrogens with one attached hydrogen (secondary N) is 1. The van der Waals surface area contributed by atoms with Crippen molar-refractivity contribution in [1.29, 1.82) is 0 Å². The fourth-order valence-electron chi connectivity index (χ4n) is 1.70. The maximum atomic E-state index is 12.0. The lowest BCUT2D eigenvalue weighted by atomic mass is 10.0. The van der Waals surface area contributed by atoms with Gasteiger partial charge in [0, 0.05) is 6.04 Å². The van der Waals surface area contributed by atoms with Gasteiger partial charge < -0.3 is 5.11 Å². The molecule has 1 aromatic rings. The summed E-state index contributed by atoms with van der Waals surface area (Å²) >= 11 is 1.13. The summed E-state index contributed by atoms with van der Waals surface area (Å²) in [7, 11) is -3.52. The molecule has 0 saturated heterocycles. The molecule has 1 aromatic heterocycles. The number of aliphatic carboxylic acids is 1. The molecule has 0 aliphatic carbocycles. The average molecular weight is 320 g/mol. The summed E-state index contributed by atoms with van der Waals surface area (Å²) in [5, 5.41) is 9.47. The molecule has 2 N–H and O–H groups in total. The van der Waals surface area contributed by atoms with Crippen LogP contribution in [0.4, 0.5) is 0 Å². The first kappa shape index (κ1) is 17.1. The van der Waals surface area contributed by atoms with Gasteiger partial charge in [-0.1, -0.05) is 13.3 Å². The zero-order valence-corrected chi connectivity index (χ0v) is 13.4. The molecule has 1 rings (SSSR count). The van der Waals surface area contributed by atoms with Crippen LogP contribution in [0.15, 0.2) is 10.4 Å². The van der Waals surface area contributed by atoms with Gasteiger partial charge in [0.1, 0.15) is 0 Å². The van der Waals surface area contributed by atoms with E-state index in [0.717, 1.165) is 11.3 Å². The van der Waals surface area contributed by atoms with E-state index in [4.69, 9.17) is 5.11 Å². The number of nitrogens with zero attached hydrogens (tertiary/aromatic N) is 1. The maximum Gasteiger partial charge on any atom is 0.306 e. The topological polar surface area (TPSA) is 96.4 Å². The zero-order chi connectivity index (χ0) is 15.3. The van der Waals surface area contributed by atoms with Crippen molar-refractivity contribution in [2.75, 3.05) is 0 Å². The van der Waals surface area contributed by atoms with Gasteiger partial charge in [-0.05, 0) is 26.7 Å². The number of hydrogen-bond acceptors (Lipinski definition) is 5. The van der Waals surface area contributed by atoms with Crippen molar-refractivity contribution in [3.63, 3.8) is 0 Å². The zero-order valence-electron chi connectivity index (χ0n) is 11.8. The third-order valence-electron chi connectivity index (χ3n) is 2.92. The number of hydrogen-bond donors (Lipinski definition) is 2. The summed E-state index contributed by atoms with van der Waals surface area (Å²) in [6.07, 6.45) is 3.16. The Labute approximate surface area is 123 Å².